The molecule has 6 heteroatoms. The molecule has 0 aromatic heterocycles. The van der Waals surface area contributed by atoms with Crippen LogP contribution >= 0.6 is 0 Å². The van der Waals surface area contributed by atoms with Gasteiger partial charge in [0, 0.05) is 24.7 Å². The van der Waals surface area contributed by atoms with Crippen LogP contribution in [0.3, 0.4) is 0 Å². The van der Waals surface area contributed by atoms with E-state index in [1.54, 1.807) is 24.3 Å². The lowest BCUT2D eigenvalue weighted by Gasteiger charge is -2.17. The summed E-state index contributed by atoms with van der Waals surface area (Å²) in [5.41, 5.74) is 2.31. The number of halogens is 2. The predicted molar refractivity (Wildman–Crippen MR) is 101 cm³/mol. The quantitative estimate of drug-likeness (QED) is 0.396. The molecule has 1 amide bonds. The Balaban J connectivity index is 1.61. The molecule has 3 aromatic carbocycles. The Morgan fingerprint density at radius 2 is 1.52 bits per heavy atom. The largest absolute Gasteiger partial charge is 0.309 e. The van der Waals surface area contributed by atoms with Crippen molar-refractivity contribution < 1.29 is 13.6 Å². The summed E-state index contributed by atoms with van der Waals surface area (Å²) in [6.07, 6.45) is 0. The maximum absolute atomic E-state index is 13.8. The van der Waals surface area contributed by atoms with Gasteiger partial charge in [-0.1, -0.05) is 42.5 Å². The third kappa shape index (κ3) is 4.75. The third-order valence-electron chi connectivity index (χ3n) is 4.09. The second kappa shape index (κ2) is 8.53. The number of nitrogens with zero attached hydrogens (tertiary/aromatic N) is 1. The van der Waals surface area contributed by atoms with Crippen molar-refractivity contribution in [2.45, 2.75) is 13.1 Å². The molecule has 0 aliphatic carbocycles. The van der Waals surface area contributed by atoms with E-state index in [4.69, 9.17) is 5.84 Å². The molecule has 0 unspecified atom stereocenters. The normalized spacial score (nSPS) is 10.6. The molecular formula is C21H19F2N3O. The van der Waals surface area contributed by atoms with E-state index >= 15 is 0 Å². The molecule has 0 spiro atoms. The van der Waals surface area contributed by atoms with Crippen LogP contribution in [0.2, 0.25) is 0 Å². The Kier molecular flexibility index (Phi) is 5.90. The van der Waals surface area contributed by atoms with Gasteiger partial charge in [0.1, 0.15) is 5.82 Å². The Bertz CT molecular complexity index is 914. The highest BCUT2D eigenvalue weighted by atomic mass is 19.1. The molecular weight excluding hydrogens is 348 g/mol. The van der Waals surface area contributed by atoms with Gasteiger partial charge in [-0.25, -0.2) is 19.6 Å². The number of nitrogens with one attached hydrogen (secondary N) is 1. The van der Waals surface area contributed by atoms with Crippen LogP contribution in [0.4, 0.5) is 14.5 Å². The Labute approximate surface area is 156 Å². The summed E-state index contributed by atoms with van der Waals surface area (Å²) in [6.45, 7) is 1.38. The van der Waals surface area contributed by atoms with Crippen molar-refractivity contribution in [2.75, 3.05) is 5.01 Å². The summed E-state index contributed by atoms with van der Waals surface area (Å²) in [4.78, 5) is 12.4. The topological polar surface area (TPSA) is 58.4 Å². The van der Waals surface area contributed by atoms with Gasteiger partial charge in [0.05, 0.1) is 5.69 Å². The zero-order valence-corrected chi connectivity index (χ0v) is 14.5. The first kappa shape index (κ1) is 18.7. The van der Waals surface area contributed by atoms with Crippen LogP contribution in [0.25, 0.3) is 0 Å². The highest BCUT2D eigenvalue weighted by molar-refractivity contribution is 6.05. The second-order valence-corrected chi connectivity index (χ2v) is 6.06. The molecule has 138 valence electrons. The van der Waals surface area contributed by atoms with Crippen LogP contribution in [0.15, 0.2) is 72.8 Å². The number of nitrogens with two attached hydrogens (primary N) is 1. The first-order valence-corrected chi connectivity index (χ1v) is 8.42. The van der Waals surface area contributed by atoms with E-state index < -0.39 is 17.5 Å². The number of carbonyl (C=O) groups is 1. The number of carbonyl (C=O) groups excluding carboxylic acids is 1. The van der Waals surface area contributed by atoms with E-state index in [0.29, 0.717) is 23.2 Å². The van der Waals surface area contributed by atoms with Crippen molar-refractivity contribution in [3.05, 3.63) is 101 Å². The molecule has 0 heterocycles. The van der Waals surface area contributed by atoms with Gasteiger partial charge in [0.25, 0.3) is 5.91 Å². The predicted octanol–water partition coefficient (Wildman–Crippen LogP) is 3.78. The summed E-state index contributed by atoms with van der Waals surface area (Å²) >= 11 is 0. The fourth-order valence-corrected chi connectivity index (χ4v) is 2.64. The Morgan fingerprint density at radius 3 is 2.15 bits per heavy atom. The average Bonchev–Trinajstić information content (AvgIpc) is 2.68. The number of benzene rings is 3. The molecule has 0 radical (unpaired) electrons. The van der Waals surface area contributed by atoms with Crippen molar-refractivity contribution in [3.63, 3.8) is 0 Å². The second-order valence-electron chi connectivity index (χ2n) is 6.06. The SMILES string of the molecule is NN(C(=O)c1ccc(CNCc2ccccc2)cc1)c1ccc(F)cc1F. The smallest absolute Gasteiger partial charge is 0.272 e. The molecule has 0 bridgehead atoms. The lowest BCUT2D eigenvalue weighted by molar-refractivity contribution is 0.0986. The molecule has 3 aromatic rings. The summed E-state index contributed by atoms with van der Waals surface area (Å²) in [5, 5.41) is 4.00. The van der Waals surface area contributed by atoms with E-state index in [2.05, 4.69) is 5.32 Å². The Morgan fingerprint density at radius 1 is 0.889 bits per heavy atom. The number of anilines is 1. The molecule has 0 fully saturated rings. The van der Waals surface area contributed by atoms with E-state index in [1.165, 1.54) is 5.56 Å². The molecule has 0 saturated heterocycles. The van der Waals surface area contributed by atoms with E-state index in [-0.39, 0.29) is 5.69 Å². The average molecular weight is 367 g/mol. The zero-order chi connectivity index (χ0) is 19.2. The lowest BCUT2D eigenvalue weighted by Crippen LogP contribution is -2.38. The molecule has 0 aliphatic heterocycles. The number of rotatable bonds is 6. The van der Waals surface area contributed by atoms with Crippen LogP contribution in [0, 0.1) is 11.6 Å². The van der Waals surface area contributed by atoms with Crippen molar-refractivity contribution >= 4 is 11.6 Å². The minimum absolute atomic E-state index is 0.185. The number of hydrogen-bond acceptors (Lipinski definition) is 3. The summed E-state index contributed by atoms with van der Waals surface area (Å²) in [6, 6.07) is 19.8. The van der Waals surface area contributed by atoms with Gasteiger partial charge in [-0.2, -0.15) is 0 Å². The van der Waals surface area contributed by atoms with Crippen LogP contribution in [0.5, 0.6) is 0 Å². The summed E-state index contributed by atoms with van der Waals surface area (Å²) in [5.74, 6) is 3.51. The molecule has 0 saturated carbocycles. The number of amides is 1. The minimum atomic E-state index is -0.896. The van der Waals surface area contributed by atoms with Gasteiger partial charge >= 0.3 is 0 Å². The van der Waals surface area contributed by atoms with E-state index in [0.717, 1.165) is 24.2 Å². The zero-order valence-electron chi connectivity index (χ0n) is 14.5. The summed E-state index contributed by atoms with van der Waals surface area (Å²) < 4.78 is 26.8. The van der Waals surface area contributed by atoms with Gasteiger partial charge in [0.2, 0.25) is 0 Å². The van der Waals surface area contributed by atoms with Crippen molar-refractivity contribution in [2.24, 2.45) is 5.84 Å². The molecule has 3 N–H and O–H groups in total. The highest BCUT2D eigenvalue weighted by Gasteiger charge is 2.18. The Hall–Kier alpha value is -3.09. The maximum atomic E-state index is 13.8. The molecule has 27 heavy (non-hydrogen) atoms. The first-order valence-electron chi connectivity index (χ1n) is 8.42. The van der Waals surface area contributed by atoms with E-state index in [9.17, 15) is 13.6 Å². The van der Waals surface area contributed by atoms with Crippen LogP contribution < -0.4 is 16.2 Å². The van der Waals surface area contributed by atoms with E-state index in [1.807, 2.05) is 30.3 Å². The van der Waals surface area contributed by atoms with Gasteiger partial charge in [-0.15, -0.1) is 0 Å². The van der Waals surface area contributed by atoms with Crippen molar-refractivity contribution in [3.8, 4) is 0 Å². The van der Waals surface area contributed by atoms with Crippen molar-refractivity contribution in [1.82, 2.24) is 5.32 Å². The molecule has 0 aliphatic rings. The van der Waals surface area contributed by atoms with Crippen molar-refractivity contribution in [1.29, 1.82) is 0 Å². The highest BCUT2D eigenvalue weighted by Crippen LogP contribution is 2.19. The van der Waals surface area contributed by atoms with Gasteiger partial charge in [-0.05, 0) is 35.4 Å². The monoisotopic (exact) mass is 367 g/mol. The number of hydrogen-bond donors (Lipinski definition) is 2. The first-order chi connectivity index (χ1) is 13.0. The van der Waals surface area contributed by atoms with Crippen LogP contribution in [-0.4, -0.2) is 5.91 Å². The lowest BCUT2D eigenvalue weighted by atomic mass is 10.1. The van der Waals surface area contributed by atoms with Gasteiger partial charge in [-0.3, -0.25) is 4.79 Å². The fraction of sp³-hybridized carbons (Fsp3) is 0.0952. The van der Waals surface area contributed by atoms with Gasteiger partial charge < -0.3 is 5.32 Å². The maximum Gasteiger partial charge on any atom is 0.272 e. The fourth-order valence-electron chi connectivity index (χ4n) is 2.64. The third-order valence-corrected chi connectivity index (χ3v) is 4.09. The number of hydrazine groups is 1. The van der Waals surface area contributed by atoms with Crippen LogP contribution in [-0.2, 0) is 13.1 Å². The molecule has 4 nitrogen and oxygen atoms in total. The molecule has 3 rings (SSSR count). The van der Waals surface area contributed by atoms with Gasteiger partial charge in [0.15, 0.2) is 5.82 Å². The standard InChI is InChI=1S/C21H19F2N3O/c22-18-10-11-20(19(23)12-18)26(24)21(27)17-8-6-16(7-9-17)14-25-13-15-4-2-1-3-5-15/h1-12,25H,13-14,24H2. The molecule has 0 atom stereocenters. The summed E-state index contributed by atoms with van der Waals surface area (Å²) in [7, 11) is 0. The van der Waals surface area contributed by atoms with Crippen LogP contribution in [0.1, 0.15) is 21.5 Å². The minimum Gasteiger partial charge on any atom is -0.309 e.